The first kappa shape index (κ1) is 18.0. The summed E-state index contributed by atoms with van der Waals surface area (Å²) in [4.78, 5) is 41.4. The van der Waals surface area contributed by atoms with Gasteiger partial charge in [0.05, 0.1) is 11.4 Å². The standard InChI is InChI=1S/C20H14FN3O3S/c21-14-3-1-2-13(10-14)16-11-28-20(22-16)23-19(27)12-4-6-15(7-5-12)24-17(25)8-9-18(24)26/h1-7,10-11H,8-9H2,(H,22,23,27). The van der Waals surface area contributed by atoms with Gasteiger partial charge in [0.25, 0.3) is 5.91 Å². The van der Waals surface area contributed by atoms with E-state index in [-0.39, 0.29) is 36.4 Å². The van der Waals surface area contributed by atoms with Crippen LogP contribution < -0.4 is 10.2 Å². The molecule has 8 heteroatoms. The molecule has 2 heterocycles. The molecule has 140 valence electrons. The molecule has 1 aliphatic heterocycles. The summed E-state index contributed by atoms with van der Waals surface area (Å²) in [5.41, 5.74) is 2.01. The molecule has 0 aliphatic carbocycles. The maximum absolute atomic E-state index is 13.3. The van der Waals surface area contributed by atoms with Crippen molar-refractivity contribution in [2.45, 2.75) is 12.8 Å². The van der Waals surface area contributed by atoms with E-state index in [1.807, 2.05) is 0 Å². The molecule has 1 saturated heterocycles. The number of aromatic nitrogens is 1. The number of thiazole rings is 1. The maximum atomic E-state index is 13.3. The Bertz CT molecular complexity index is 1060. The minimum Gasteiger partial charge on any atom is -0.298 e. The quantitative estimate of drug-likeness (QED) is 0.681. The van der Waals surface area contributed by atoms with Crippen LogP contribution in [-0.2, 0) is 9.59 Å². The maximum Gasteiger partial charge on any atom is 0.257 e. The zero-order valence-corrected chi connectivity index (χ0v) is 15.3. The van der Waals surface area contributed by atoms with E-state index < -0.39 is 0 Å². The van der Waals surface area contributed by atoms with Crippen molar-refractivity contribution in [3.8, 4) is 11.3 Å². The predicted molar refractivity (Wildman–Crippen MR) is 104 cm³/mol. The van der Waals surface area contributed by atoms with Crippen LogP contribution in [0.5, 0.6) is 0 Å². The fraction of sp³-hybridized carbons (Fsp3) is 0.100. The van der Waals surface area contributed by atoms with E-state index in [4.69, 9.17) is 0 Å². The molecule has 3 amide bonds. The molecule has 28 heavy (non-hydrogen) atoms. The third kappa shape index (κ3) is 3.54. The lowest BCUT2D eigenvalue weighted by Gasteiger charge is -2.13. The smallest absolute Gasteiger partial charge is 0.257 e. The van der Waals surface area contributed by atoms with E-state index in [1.165, 1.54) is 23.5 Å². The first-order valence-corrected chi connectivity index (χ1v) is 9.38. The summed E-state index contributed by atoms with van der Waals surface area (Å²) in [6.45, 7) is 0. The molecule has 1 aliphatic rings. The van der Waals surface area contributed by atoms with Crippen molar-refractivity contribution in [1.29, 1.82) is 0 Å². The average molecular weight is 395 g/mol. The lowest BCUT2D eigenvalue weighted by Crippen LogP contribution is -2.28. The number of benzene rings is 2. The Morgan fingerprint density at radius 3 is 2.46 bits per heavy atom. The summed E-state index contributed by atoms with van der Waals surface area (Å²) < 4.78 is 13.3. The van der Waals surface area contributed by atoms with Crippen LogP contribution in [0.3, 0.4) is 0 Å². The third-order valence-corrected chi connectivity index (χ3v) is 5.04. The minimum atomic E-state index is -0.370. The number of rotatable bonds is 4. The van der Waals surface area contributed by atoms with Gasteiger partial charge in [-0.25, -0.2) is 9.37 Å². The largest absolute Gasteiger partial charge is 0.298 e. The van der Waals surface area contributed by atoms with Gasteiger partial charge in [0.1, 0.15) is 5.82 Å². The van der Waals surface area contributed by atoms with Gasteiger partial charge in [0.15, 0.2) is 5.13 Å². The highest BCUT2D eigenvalue weighted by Crippen LogP contribution is 2.26. The number of carbonyl (C=O) groups is 3. The van der Waals surface area contributed by atoms with Crippen LogP contribution >= 0.6 is 11.3 Å². The normalized spacial score (nSPS) is 13.8. The molecular weight excluding hydrogens is 381 g/mol. The first-order valence-electron chi connectivity index (χ1n) is 8.50. The van der Waals surface area contributed by atoms with Crippen LogP contribution in [0.25, 0.3) is 11.3 Å². The van der Waals surface area contributed by atoms with Crippen molar-refractivity contribution in [3.63, 3.8) is 0 Å². The van der Waals surface area contributed by atoms with E-state index in [2.05, 4.69) is 10.3 Å². The SMILES string of the molecule is O=C(Nc1nc(-c2cccc(F)c2)cs1)c1ccc(N2C(=O)CCC2=O)cc1. The Balaban J connectivity index is 1.47. The molecular formula is C20H14FN3O3S. The Labute approximate surface area is 163 Å². The van der Waals surface area contributed by atoms with Crippen LogP contribution in [-0.4, -0.2) is 22.7 Å². The molecule has 4 rings (SSSR count). The highest BCUT2D eigenvalue weighted by atomic mass is 32.1. The lowest BCUT2D eigenvalue weighted by atomic mass is 10.2. The Kier molecular flexibility index (Phi) is 4.70. The molecule has 1 N–H and O–H groups in total. The van der Waals surface area contributed by atoms with Gasteiger partial charge in [0, 0.05) is 29.3 Å². The van der Waals surface area contributed by atoms with Gasteiger partial charge >= 0.3 is 0 Å². The van der Waals surface area contributed by atoms with E-state index in [1.54, 1.807) is 41.8 Å². The van der Waals surface area contributed by atoms with Crippen LogP contribution in [0.15, 0.2) is 53.9 Å². The Morgan fingerprint density at radius 2 is 1.79 bits per heavy atom. The Morgan fingerprint density at radius 1 is 1.07 bits per heavy atom. The van der Waals surface area contributed by atoms with Crippen molar-refractivity contribution < 1.29 is 18.8 Å². The van der Waals surface area contributed by atoms with Crippen LogP contribution in [0.4, 0.5) is 15.2 Å². The van der Waals surface area contributed by atoms with Crippen LogP contribution in [0.2, 0.25) is 0 Å². The monoisotopic (exact) mass is 395 g/mol. The summed E-state index contributed by atoms with van der Waals surface area (Å²) in [5.74, 6) is -1.21. The molecule has 6 nitrogen and oxygen atoms in total. The van der Waals surface area contributed by atoms with E-state index >= 15 is 0 Å². The number of nitrogens with one attached hydrogen (secondary N) is 1. The zero-order valence-electron chi connectivity index (χ0n) is 14.5. The van der Waals surface area contributed by atoms with E-state index in [0.717, 1.165) is 4.90 Å². The molecule has 0 atom stereocenters. The first-order chi connectivity index (χ1) is 13.5. The second-order valence-electron chi connectivity index (χ2n) is 6.17. The molecule has 0 unspecified atom stereocenters. The molecule has 2 aromatic carbocycles. The average Bonchev–Trinajstić information content (AvgIpc) is 3.28. The molecule has 1 aromatic heterocycles. The van der Waals surface area contributed by atoms with Crippen molar-refractivity contribution in [2.24, 2.45) is 0 Å². The van der Waals surface area contributed by atoms with Crippen molar-refractivity contribution in [1.82, 2.24) is 4.98 Å². The Hall–Kier alpha value is -3.39. The summed E-state index contributed by atoms with van der Waals surface area (Å²) >= 11 is 1.23. The lowest BCUT2D eigenvalue weighted by molar-refractivity contribution is -0.121. The van der Waals surface area contributed by atoms with Crippen molar-refractivity contribution >= 4 is 39.9 Å². The fourth-order valence-electron chi connectivity index (χ4n) is 2.91. The predicted octanol–water partition coefficient (Wildman–Crippen LogP) is 3.85. The highest BCUT2D eigenvalue weighted by molar-refractivity contribution is 7.14. The second-order valence-corrected chi connectivity index (χ2v) is 7.03. The number of hydrogen-bond acceptors (Lipinski definition) is 5. The molecule has 0 spiro atoms. The van der Waals surface area contributed by atoms with Gasteiger partial charge in [-0.1, -0.05) is 12.1 Å². The molecule has 3 aromatic rings. The van der Waals surface area contributed by atoms with E-state index in [0.29, 0.717) is 27.6 Å². The van der Waals surface area contributed by atoms with Gasteiger partial charge < -0.3 is 0 Å². The van der Waals surface area contributed by atoms with Gasteiger partial charge in [0.2, 0.25) is 11.8 Å². The number of hydrogen-bond donors (Lipinski definition) is 1. The summed E-state index contributed by atoms with van der Waals surface area (Å²) in [6.07, 6.45) is 0.414. The van der Waals surface area contributed by atoms with Gasteiger partial charge in [-0.2, -0.15) is 0 Å². The van der Waals surface area contributed by atoms with Crippen molar-refractivity contribution in [3.05, 3.63) is 65.3 Å². The van der Waals surface area contributed by atoms with Crippen LogP contribution in [0, 0.1) is 5.82 Å². The third-order valence-electron chi connectivity index (χ3n) is 4.28. The highest BCUT2D eigenvalue weighted by Gasteiger charge is 2.30. The van der Waals surface area contributed by atoms with Crippen molar-refractivity contribution in [2.75, 3.05) is 10.2 Å². The fourth-order valence-corrected chi connectivity index (χ4v) is 3.62. The van der Waals surface area contributed by atoms with Crippen LogP contribution in [0.1, 0.15) is 23.2 Å². The molecule has 0 bridgehead atoms. The topological polar surface area (TPSA) is 79.4 Å². The number of carbonyl (C=O) groups excluding carboxylic acids is 3. The molecule has 0 radical (unpaired) electrons. The molecule has 0 saturated carbocycles. The number of imide groups is 1. The minimum absolute atomic E-state index is 0.207. The summed E-state index contributed by atoms with van der Waals surface area (Å²) in [6, 6.07) is 12.3. The summed E-state index contributed by atoms with van der Waals surface area (Å²) in [5, 5.41) is 4.82. The zero-order chi connectivity index (χ0) is 19.7. The summed E-state index contributed by atoms with van der Waals surface area (Å²) in [7, 11) is 0. The number of amides is 3. The number of anilines is 2. The van der Waals surface area contributed by atoms with Gasteiger partial charge in [-0.15, -0.1) is 11.3 Å². The second kappa shape index (κ2) is 7.32. The van der Waals surface area contributed by atoms with E-state index in [9.17, 15) is 18.8 Å². The number of nitrogens with zero attached hydrogens (tertiary/aromatic N) is 2. The number of halogens is 1. The molecule has 1 fully saturated rings. The van der Waals surface area contributed by atoms with Gasteiger partial charge in [-0.3, -0.25) is 24.6 Å². The van der Waals surface area contributed by atoms with Gasteiger partial charge in [-0.05, 0) is 36.4 Å².